The lowest BCUT2D eigenvalue weighted by atomic mass is 9.97. The summed E-state index contributed by atoms with van der Waals surface area (Å²) in [5, 5.41) is 3.26. The molecule has 1 heterocycles. The predicted molar refractivity (Wildman–Crippen MR) is 65.4 cm³/mol. The van der Waals surface area contributed by atoms with Gasteiger partial charge in [-0.25, -0.2) is 0 Å². The Labute approximate surface area is 98.8 Å². The smallest absolute Gasteiger partial charge is 0.279 e. The van der Waals surface area contributed by atoms with E-state index in [0.29, 0.717) is 19.0 Å². The summed E-state index contributed by atoms with van der Waals surface area (Å²) in [7, 11) is -3.30. The highest BCUT2D eigenvalue weighted by atomic mass is 32.2. The summed E-state index contributed by atoms with van der Waals surface area (Å²) in [6, 6.07) is 0.0619. The van der Waals surface area contributed by atoms with E-state index in [9.17, 15) is 8.42 Å². The third-order valence-corrected chi connectivity index (χ3v) is 4.93. The fourth-order valence-corrected chi connectivity index (χ4v) is 3.58. The first-order chi connectivity index (χ1) is 7.51. The number of nitrogens with zero attached hydrogens (tertiary/aromatic N) is 1. The average Bonchev–Trinajstić information content (AvgIpc) is 2.22. The molecule has 96 valence electrons. The van der Waals surface area contributed by atoms with Gasteiger partial charge in [-0.3, -0.25) is 0 Å². The zero-order valence-electron chi connectivity index (χ0n) is 10.4. The molecular formula is C10H23N3O2S. The number of piperidine rings is 1. The summed E-state index contributed by atoms with van der Waals surface area (Å²) in [4.78, 5) is 0. The van der Waals surface area contributed by atoms with Gasteiger partial charge < -0.3 is 5.32 Å². The van der Waals surface area contributed by atoms with Crippen molar-refractivity contribution in [3.8, 4) is 0 Å². The molecule has 0 aromatic heterocycles. The van der Waals surface area contributed by atoms with Crippen molar-refractivity contribution in [1.29, 1.82) is 0 Å². The summed E-state index contributed by atoms with van der Waals surface area (Å²) in [5.74, 6) is 0.346. The second-order valence-corrected chi connectivity index (χ2v) is 5.99. The van der Waals surface area contributed by atoms with Gasteiger partial charge in [-0.2, -0.15) is 17.4 Å². The van der Waals surface area contributed by atoms with Gasteiger partial charge >= 0.3 is 0 Å². The molecule has 6 heteroatoms. The molecule has 1 aliphatic rings. The number of hydrogen-bond donors (Lipinski definition) is 2. The van der Waals surface area contributed by atoms with Crippen LogP contribution in [0.4, 0.5) is 0 Å². The highest BCUT2D eigenvalue weighted by Gasteiger charge is 2.28. The molecule has 0 aromatic rings. The third kappa shape index (κ3) is 3.41. The molecule has 1 saturated heterocycles. The van der Waals surface area contributed by atoms with E-state index in [1.807, 2.05) is 13.8 Å². The van der Waals surface area contributed by atoms with E-state index in [2.05, 4.69) is 17.0 Å². The van der Waals surface area contributed by atoms with Crippen molar-refractivity contribution < 1.29 is 8.42 Å². The second kappa shape index (κ2) is 5.95. The number of rotatable bonds is 5. The maximum atomic E-state index is 12.0. The van der Waals surface area contributed by atoms with Gasteiger partial charge in [0.2, 0.25) is 0 Å². The topological polar surface area (TPSA) is 61.4 Å². The van der Waals surface area contributed by atoms with Gasteiger partial charge in [-0.05, 0) is 25.4 Å². The van der Waals surface area contributed by atoms with E-state index >= 15 is 0 Å². The van der Waals surface area contributed by atoms with Gasteiger partial charge in [0.1, 0.15) is 0 Å². The van der Waals surface area contributed by atoms with Crippen LogP contribution in [0.1, 0.15) is 27.2 Å². The molecule has 2 N–H and O–H groups in total. The first-order valence-corrected chi connectivity index (χ1v) is 7.43. The molecule has 0 radical (unpaired) electrons. The molecule has 0 amide bonds. The Hall–Kier alpha value is -0.170. The van der Waals surface area contributed by atoms with Crippen molar-refractivity contribution in [3.63, 3.8) is 0 Å². The van der Waals surface area contributed by atoms with Gasteiger partial charge in [-0.1, -0.05) is 20.8 Å². The quantitative estimate of drug-likeness (QED) is 0.730. The van der Waals surface area contributed by atoms with Crippen LogP contribution in [-0.4, -0.2) is 44.9 Å². The van der Waals surface area contributed by atoms with Crippen molar-refractivity contribution in [2.24, 2.45) is 5.92 Å². The first-order valence-electron chi connectivity index (χ1n) is 5.99. The van der Waals surface area contributed by atoms with E-state index < -0.39 is 10.2 Å². The average molecular weight is 249 g/mol. The Morgan fingerprint density at radius 3 is 2.50 bits per heavy atom. The van der Waals surface area contributed by atoms with Crippen molar-refractivity contribution in [2.45, 2.75) is 33.2 Å². The maximum absolute atomic E-state index is 12.0. The Morgan fingerprint density at radius 2 is 2.00 bits per heavy atom. The van der Waals surface area contributed by atoms with Crippen molar-refractivity contribution >= 4 is 10.2 Å². The van der Waals surface area contributed by atoms with Crippen molar-refractivity contribution in [3.05, 3.63) is 0 Å². The van der Waals surface area contributed by atoms with Gasteiger partial charge in [0.25, 0.3) is 10.2 Å². The van der Waals surface area contributed by atoms with Crippen LogP contribution in [0, 0.1) is 5.92 Å². The lowest BCUT2D eigenvalue weighted by molar-refractivity contribution is 0.318. The lowest BCUT2D eigenvalue weighted by Gasteiger charge is -2.31. The summed E-state index contributed by atoms with van der Waals surface area (Å²) >= 11 is 0. The third-order valence-electron chi connectivity index (χ3n) is 3.13. The fourth-order valence-electron chi connectivity index (χ4n) is 2.02. The number of hydrogen-bond acceptors (Lipinski definition) is 3. The van der Waals surface area contributed by atoms with Crippen molar-refractivity contribution in [1.82, 2.24) is 14.3 Å². The molecule has 1 rings (SSSR count). The summed E-state index contributed by atoms with van der Waals surface area (Å²) in [5.41, 5.74) is 0. The van der Waals surface area contributed by atoms with Crippen LogP contribution in [-0.2, 0) is 10.2 Å². The zero-order chi connectivity index (χ0) is 12.2. The molecule has 5 nitrogen and oxygen atoms in total. The van der Waals surface area contributed by atoms with Crippen LogP contribution in [0.15, 0.2) is 0 Å². The van der Waals surface area contributed by atoms with Crippen LogP contribution >= 0.6 is 0 Å². The first kappa shape index (κ1) is 13.9. The molecule has 0 spiro atoms. The Morgan fingerprint density at radius 1 is 1.38 bits per heavy atom. The minimum Gasteiger partial charge on any atom is -0.316 e. The zero-order valence-corrected chi connectivity index (χ0v) is 11.2. The monoisotopic (exact) mass is 249 g/mol. The highest BCUT2D eigenvalue weighted by Crippen LogP contribution is 2.12. The van der Waals surface area contributed by atoms with Gasteiger partial charge in [-0.15, -0.1) is 0 Å². The van der Waals surface area contributed by atoms with E-state index in [0.717, 1.165) is 19.5 Å². The summed E-state index contributed by atoms with van der Waals surface area (Å²) in [6.45, 7) is 8.59. The Bertz CT molecular complexity index is 301. The van der Waals surface area contributed by atoms with Crippen LogP contribution in [0.5, 0.6) is 0 Å². The van der Waals surface area contributed by atoms with Crippen LogP contribution in [0.2, 0.25) is 0 Å². The molecule has 1 aliphatic heterocycles. The molecule has 0 aromatic carbocycles. The highest BCUT2D eigenvalue weighted by molar-refractivity contribution is 7.87. The van der Waals surface area contributed by atoms with E-state index in [1.54, 1.807) is 0 Å². The normalized spacial score (nSPS) is 27.2. The molecule has 2 unspecified atom stereocenters. The second-order valence-electron chi connectivity index (χ2n) is 4.28. The predicted octanol–water partition coefficient (Wildman–Crippen LogP) is 0.161. The Balaban J connectivity index is 2.63. The van der Waals surface area contributed by atoms with Gasteiger partial charge in [0.05, 0.1) is 0 Å². The largest absolute Gasteiger partial charge is 0.316 e. The molecule has 2 atom stereocenters. The SMILES string of the molecule is CCN(CC)S(=O)(=O)NC1CCNCC1C. The molecule has 16 heavy (non-hydrogen) atoms. The van der Waals surface area contributed by atoms with Gasteiger partial charge in [0, 0.05) is 19.1 Å². The number of nitrogens with one attached hydrogen (secondary N) is 2. The summed E-state index contributed by atoms with van der Waals surface area (Å²) in [6.07, 6.45) is 0.863. The van der Waals surface area contributed by atoms with Crippen LogP contribution < -0.4 is 10.0 Å². The van der Waals surface area contributed by atoms with E-state index in [-0.39, 0.29) is 6.04 Å². The fraction of sp³-hybridized carbons (Fsp3) is 1.00. The molecular weight excluding hydrogens is 226 g/mol. The van der Waals surface area contributed by atoms with E-state index in [1.165, 1.54) is 4.31 Å². The maximum Gasteiger partial charge on any atom is 0.279 e. The standard InChI is InChI=1S/C10H23N3O2S/c1-4-13(5-2)16(14,15)12-10-6-7-11-8-9(10)3/h9-12H,4-8H2,1-3H3. The molecule has 0 bridgehead atoms. The van der Waals surface area contributed by atoms with Crippen LogP contribution in [0.3, 0.4) is 0 Å². The minimum absolute atomic E-state index is 0.0619. The molecule has 1 fully saturated rings. The summed E-state index contributed by atoms with van der Waals surface area (Å²) < 4.78 is 28.3. The lowest BCUT2D eigenvalue weighted by Crippen LogP contribution is -2.52. The minimum atomic E-state index is -3.30. The molecule has 0 saturated carbocycles. The van der Waals surface area contributed by atoms with E-state index in [4.69, 9.17) is 0 Å². The van der Waals surface area contributed by atoms with Crippen molar-refractivity contribution in [2.75, 3.05) is 26.2 Å². The van der Waals surface area contributed by atoms with Crippen LogP contribution in [0.25, 0.3) is 0 Å². The van der Waals surface area contributed by atoms with Gasteiger partial charge in [0.15, 0.2) is 0 Å². The Kier molecular flexibility index (Phi) is 5.17. The molecule has 0 aliphatic carbocycles.